The molecule has 0 heterocycles. The monoisotopic (exact) mass is 516 g/mol. The summed E-state index contributed by atoms with van der Waals surface area (Å²) in [5, 5.41) is -25.2. The van der Waals surface area contributed by atoms with Crippen LogP contribution in [0.15, 0.2) is 0 Å². The second-order valence-corrected chi connectivity index (χ2v) is 7.43. The summed E-state index contributed by atoms with van der Waals surface area (Å²) in [5.41, 5.74) is 0. The van der Waals surface area contributed by atoms with Crippen LogP contribution in [0.25, 0.3) is 0 Å². The molecule has 0 aromatic carbocycles. The third kappa shape index (κ3) is 3.54. The van der Waals surface area contributed by atoms with Gasteiger partial charge in [-0.25, -0.2) is 13.2 Å². The first-order chi connectivity index (χ1) is 10.4. The van der Waals surface area contributed by atoms with E-state index in [4.69, 9.17) is 0 Å². The van der Waals surface area contributed by atoms with Crippen molar-refractivity contribution in [2.75, 3.05) is 0 Å². The van der Waals surface area contributed by atoms with Crippen LogP contribution in [0, 0.1) is 0 Å². The first kappa shape index (κ1) is 26.0. The van der Waals surface area contributed by atoms with Gasteiger partial charge < -0.3 is 0 Å². The molecule has 0 aliphatic carbocycles. The van der Waals surface area contributed by atoms with Crippen LogP contribution < -0.4 is 0 Å². The fourth-order valence-electron chi connectivity index (χ4n) is 1.12. The van der Waals surface area contributed by atoms with Gasteiger partial charge in [-0.15, -0.1) is 0 Å². The van der Waals surface area contributed by atoms with Crippen molar-refractivity contribution in [3.05, 3.63) is 0 Å². The lowest BCUT2D eigenvalue weighted by molar-refractivity contribution is -0.305. The molecule has 152 valence electrons. The van der Waals surface area contributed by atoms with Crippen LogP contribution in [0.4, 0.5) is 48.3 Å². The lowest BCUT2D eigenvalue weighted by Gasteiger charge is -2.44. The Morgan fingerprint density at radius 1 is 0.480 bits per heavy atom. The lowest BCUT2D eigenvalue weighted by atomic mass is 9.95. The average Bonchev–Trinajstić information content (AvgIpc) is 2.35. The molecular weight excluding hydrogens is 518 g/mol. The summed E-state index contributed by atoms with van der Waals surface area (Å²) in [6, 6.07) is 0. The number of rotatable bonds is 7. The molecule has 0 bridgehead atoms. The molecule has 0 aliphatic rings. The minimum atomic E-state index is -7.02. The first-order valence-corrected chi connectivity index (χ1v) is 7.44. The van der Waals surface area contributed by atoms with Crippen molar-refractivity contribution in [2.24, 2.45) is 0 Å². The number of alkyl halides is 17. The van der Waals surface area contributed by atoms with Crippen molar-refractivity contribution in [2.45, 2.75) is 43.4 Å². The molecule has 0 aromatic heterocycles. The quantitative estimate of drug-likeness (QED) is 0.246. The highest BCUT2D eigenvalue weighted by molar-refractivity contribution is 6.45. The van der Waals surface area contributed by atoms with Crippen molar-refractivity contribution in [1.29, 1.82) is 0 Å². The Labute approximate surface area is 161 Å². The van der Waals surface area contributed by atoms with Gasteiger partial charge in [0.25, 0.3) is 0 Å². The predicted octanol–water partition coefficient (Wildman–Crippen LogP) is 7.24. The van der Waals surface area contributed by atoms with Crippen molar-refractivity contribution in [3.8, 4) is 0 Å². The summed E-state index contributed by atoms with van der Waals surface area (Å²) in [5.74, 6) is -19.9. The third-order valence-corrected chi connectivity index (χ3v) is 4.97. The minimum absolute atomic E-state index is 3.50. The van der Waals surface area contributed by atoms with E-state index in [0.717, 1.165) is 0 Å². The predicted molar refractivity (Wildman–Crippen MR) is 70.2 cm³/mol. The maximum Gasteiger partial charge on any atom is 0.375 e. The van der Waals surface area contributed by atoms with Gasteiger partial charge in [0.2, 0.25) is 0 Å². The Balaban J connectivity index is 6.50. The van der Waals surface area contributed by atoms with Crippen LogP contribution in [0.1, 0.15) is 0 Å². The van der Waals surface area contributed by atoms with Gasteiger partial charge >= 0.3 is 38.5 Å². The van der Waals surface area contributed by atoms with E-state index in [2.05, 4.69) is 69.6 Å². The van der Waals surface area contributed by atoms with E-state index < -0.39 is 43.4 Å². The molecule has 0 saturated heterocycles. The van der Waals surface area contributed by atoms with E-state index in [1.165, 1.54) is 0 Å². The fraction of sp³-hybridized carbons (Fsp3) is 1.00. The van der Waals surface area contributed by atoms with Gasteiger partial charge in [-0.2, -0.15) is 35.1 Å². The van der Waals surface area contributed by atoms with E-state index in [1.54, 1.807) is 0 Å². The molecule has 0 radical (unpaired) electrons. The molecule has 0 amide bonds. The van der Waals surface area contributed by atoms with Gasteiger partial charge in [0.15, 0.2) is 4.84 Å². The molecule has 0 fully saturated rings. The van der Waals surface area contributed by atoms with Gasteiger partial charge in [-0.05, 0) is 11.6 Å². The molecule has 0 nitrogen and oxygen atoms in total. The summed E-state index contributed by atoms with van der Waals surface area (Å²) in [6.07, 6.45) is 0. The Kier molecular flexibility index (Phi) is 7.05. The van der Waals surface area contributed by atoms with Gasteiger partial charge in [0, 0.05) is 0 Å². The zero-order valence-corrected chi connectivity index (χ0v) is 15.0. The summed E-state index contributed by atoms with van der Waals surface area (Å²) >= 11 is 24.7. The summed E-state index contributed by atoms with van der Waals surface area (Å²) in [6.45, 7) is 0. The highest BCUT2D eigenvalue weighted by Gasteiger charge is 2.90. The molecule has 0 saturated carbocycles. The standard InChI is InChI=1S/C8HCl6F11/c9-1(10)2(15,16)3(11,17)6(20,21)4(12,18)7(22,23)5(13,19)8(14,24)25/h1H. The summed E-state index contributed by atoms with van der Waals surface area (Å²) < 4.78 is 147. The molecular formula is C8HCl6F11. The normalized spacial score (nSPS) is 22.3. The molecule has 0 rings (SSSR count). The highest BCUT2D eigenvalue weighted by Crippen LogP contribution is 2.65. The molecule has 3 atom stereocenters. The number of halogens is 17. The lowest BCUT2D eigenvalue weighted by Crippen LogP contribution is -2.72. The van der Waals surface area contributed by atoms with Crippen molar-refractivity contribution in [1.82, 2.24) is 0 Å². The first-order valence-electron chi connectivity index (χ1n) is 5.06. The van der Waals surface area contributed by atoms with Gasteiger partial charge in [0.05, 0.1) is 0 Å². The molecule has 0 N–H and O–H groups in total. The van der Waals surface area contributed by atoms with Gasteiger partial charge in [0.1, 0.15) is 0 Å². The van der Waals surface area contributed by atoms with Crippen LogP contribution in [-0.2, 0) is 0 Å². The van der Waals surface area contributed by atoms with E-state index in [1.807, 2.05) is 0 Å². The Morgan fingerprint density at radius 2 is 0.760 bits per heavy atom. The zero-order valence-electron chi connectivity index (χ0n) is 10.5. The molecule has 0 aliphatic heterocycles. The second kappa shape index (κ2) is 6.79. The van der Waals surface area contributed by atoms with Crippen molar-refractivity contribution >= 4 is 69.6 Å². The van der Waals surface area contributed by atoms with Gasteiger partial charge in [-0.1, -0.05) is 58.0 Å². The van der Waals surface area contributed by atoms with Crippen LogP contribution in [0.5, 0.6) is 0 Å². The van der Waals surface area contributed by atoms with Crippen molar-refractivity contribution < 1.29 is 48.3 Å². The summed E-state index contributed by atoms with van der Waals surface area (Å²) in [4.78, 5) is -3.50. The van der Waals surface area contributed by atoms with E-state index in [-0.39, 0.29) is 0 Å². The maximum absolute atomic E-state index is 13.8. The smallest absolute Gasteiger partial charge is 0.212 e. The molecule has 25 heavy (non-hydrogen) atoms. The van der Waals surface area contributed by atoms with E-state index in [0.29, 0.717) is 0 Å². The zero-order chi connectivity index (χ0) is 21.1. The maximum atomic E-state index is 13.8. The molecule has 3 unspecified atom stereocenters. The van der Waals surface area contributed by atoms with E-state index in [9.17, 15) is 48.3 Å². The Bertz CT molecular complexity index is 497. The average molecular weight is 519 g/mol. The largest absolute Gasteiger partial charge is 0.375 e. The minimum Gasteiger partial charge on any atom is -0.212 e. The van der Waals surface area contributed by atoms with Crippen molar-refractivity contribution in [3.63, 3.8) is 0 Å². The van der Waals surface area contributed by atoms with Gasteiger partial charge in [-0.3, -0.25) is 0 Å². The third-order valence-electron chi connectivity index (χ3n) is 2.63. The van der Waals surface area contributed by atoms with Crippen LogP contribution >= 0.6 is 69.6 Å². The Hall–Kier alpha value is 0.970. The SMILES string of the molecule is FC(F)(Cl)C(F)(Cl)C(F)(F)C(F)(Cl)C(F)(F)C(F)(Cl)C(F)(F)C(Cl)Cl. The van der Waals surface area contributed by atoms with Crippen LogP contribution in [0.3, 0.4) is 0 Å². The van der Waals surface area contributed by atoms with E-state index >= 15 is 0 Å². The number of hydrogen-bond acceptors (Lipinski definition) is 0. The molecule has 17 heteroatoms. The Morgan fingerprint density at radius 3 is 1.00 bits per heavy atom. The molecule has 0 aromatic rings. The topological polar surface area (TPSA) is 0 Å². The fourth-order valence-corrected chi connectivity index (χ4v) is 2.37. The second-order valence-electron chi connectivity index (χ2n) is 4.29. The van der Waals surface area contributed by atoms with Crippen LogP contribution in [0.2, 0.25) is 0 Å². The molecule has 0 spiro atoms. The van der Waals surface area contributed by atoms with Crippen LogP contribution in [-0.4, -0.2) is 43.4 Å². The summed E-state index contributed by atoms with van der Waals surface area (Å²) in [7, 11) is 0. The highest BCUT2D eigenvalue weighted by atomic mass is 35.5. The number of hydrogen-bond donors (Lipinski definition) is 0.